The Bertz CT molecular complexity index is 796. The van der Waals surface area contributed by atoms with Gasteiger partial charge in [0.25, 0.3) is 0 Å². The zero-order valence-electron chi connectivity index (χ0n) is 19.8. The second-order valence-electron chi connectivity index (χ2n) is 8.85. The van der Waals surface area contributed by atoms with E-state index in [1.54, 1.807) is 24.0 Å². The number of rotatable bonds is 8. The Morgan fingerprint density at radius 1 is 1.19 bits per heavy atom. The fraction of sp³-hybridized carbons (Fsp3) is 0.636. The van der Waals surface area contributed by atoms with Gasteiger partial charge in [-0.3, -0.25) is 10.1 Å². The Kier molecular flexibility index (Phi) is 7.64. The summed E-state index contributed by atoms with van der Waals surface area (Å²) in [5, 5.41) is 14.1. The van der Waals surface area contributed by atoms with Crippen molar-refractivity contribution in [2.45, 2.75) is 71.8 Å². The number of hydroxylamine groups is 2. The minimum absolute atomic E-state index is 0.143. The molecular weight excluding hydrogens is 400 g/mol. The maximum absolute atomic E-state index is 13.3. The number of hydrogen-bond donors (Lipinski definition) is 2. The lowest BCUT2D eigenvalue weighted by Gasteiger charge is -2.39. The molecule has 1 atom stereocenters. The van der Waals surface area contributed by atoms with Crippen molar-refractivity contribution in [2.75, 3.05) is 20.8 Å². The molecule has 2 rings (SSSR count). The number of carbonyl (C=O) groups is 2. The van der Waals surface area contributed by atoms with Crippen molar-refractivity contribution in [3.05, 3.63) is 23.8 Å². The van der Waals surface area contributed by atoms with Crippen LogP contribution in [0.1, 0.15) is 47.1 Å². The van der Waals surface area contributed by atoms with Crippen molar-refractivity contribution in [3.63, 3.8) is 0 Å². The Morgan fingerprint density at radius 2 is 1.81 bits per heavy atom. The van der Waals surface area contributed by atoms with Crippen molar-refractivity contribution in [1.82, 2.24) is 20.2 Å². The Labute approximate surface area is 184 Å². The summed E-state index contributed by atoms with van der Waals surface area (Å²) in [6.45, 7) is 11.5. The number of hydrogen-bond acceptors (Lipinski definition) is 5. The van der Waals surface area contributed by atoms with E-state index in [0.717, 1.165) is 5.56 Å². The molecule has 31 heavy (non-hydrogen) atoms. The summed E-state index contributed by atoms with van der Waals surface area (Å²) in [5.41, 5.74) is 0.167. The number of methoxy groups -OCH3 is 2. The van der Waals surface area contributed by atoms with Gasteiger partial charge in [0.2, 0.25) is 0 Å². The summed E-state index contributed by atoms with van der Waals surface area (Å²) in [7, 11) is 3.16. The number of ether oxygens (including phenoxy) is 2. The summed E-state index contributed by atoms with van der Waals surface area (Å²) in [6.07, 6.45) is -0.248. The summed E-state index contributed by atoms with van der Waals surface area (Å²) in [6, 6.07) is 4.45. The lowest BCUT2D eigenvalue weighted by molar-refractivity contribution is -0.137. The van der Waals surface area contributed by atoms with Crippen LogP contribution in [0.15, 0.2) is 18.2 Å². The van der Waals surface area contributed by atoms with Gasteiger partial charge in [-0.2, -0.15) is 5.06 Å². The molecule has 1 unspecified atom stereocenters. The van der Waals surface area contributed by atoms with E-state index in [9.17, 15) is 14.8 Å². The average Bonchev–Trinajstić information content (AvgIpc) is 2.90. The van der Waals surface area contributed by atoms with Crippen LogP contribution in [0.4, 0.5) is 9.59 Å². The first kappa shape index (κ1) is 24.6. The van der Waals surface area contributed by atoms with E-state index < -0.39 is 17.7 Å². The molecule has 1 aliphatic rings. The third-order valence-electron chi connectivity index (χ3n) is 5.52. The van der Waals surface area contributed by atoms with E-state index in [4.69, 9.17) is 9.47 Å². The Morgan fingerprint density at radius 3 is 2.32 bits per heavy atom. The highest BCUT2D eigenvalue weighted by atomic mass is 16.5. The van der Waals surface area contributed by atoms with E-state index >= 15 is 0 Å². The van der Waals surface area contributed by atoms with Gasteiger partial charge >= 0.3 is 12.1 Å². The molecule has 0 aliphatic carbocycles. The second-order valence-corrected chi connectivity index (χ2v) is 8.85. The number of benzene rings is 1. The lowest BCUT2D eigenvalue weighted by Crippen LogP contribution is -2.60. The molecule has 1 heterocycles. The minimum Gasteiger partial charge on any atom is -0.493 e. The van der Waals surface area contributed by atoms with Gasteiger partial charge in [-0.05, 0) is 65.7 Å². The molecular formula is C22H36N4O5. The summed E-state index contributed by atoms with van der Waals surface area (Å²) < 4.78 is 10.7. The van der Waals surface area contributed by atoms with Crippen molar-refractivity contribution in [2.24, 2.45) is 0 Å². The van der Waals surface area contributed by atoms with Gasteiger partial charge in [0.05, 0.1) is 19.8 Å². The molecule has 1 saturated heterocycles. The Balaban J connectivity index is 2.28. The van der Waals surface area contributed by atoms with Crippen molar-refractivity contribution in [3.8, 4) is 11.5 Å². The first-order valence-electron chi connectivity index (χ1n) is 10.5. The maximum Gasteiger partial charge on any atom is 0.343 e. The molecule has 0 radical (unpaired) electrons. The van der Waals surface area contributed by atoms with Crippen LogP contribution >= 0.6 is 0 Å². The molecule has 9 nitrogen and oxygen atoms in total. The van der Waals surface area contributed by atoms with Gasteiger partial charge in [0, 0.05) is 18.6 Å². The number of amides is 4. The monoisotopic (exact) mass is 436 g/mol. The highest BCUT2D eigenvalue weighted by molar-refractivity contribution is 5.81. The smallest absolute Gasteiger partial charge is 0.343 e. The van der Waals surface area contributed by atoms with E-state index in [2.05, 4.69) is 5.32 Å². The average molecular weight is 437 g/mol. The van der Waals surface area contributed by atoms with Crippen LogP contribution in [0.2, 0.25) is 0 Å². The van der Waals surface area contributed by atoms with Crippen LogP contribution in [0.25, 0.3) is 0 Å². The Hall–Kier alpha value is -2.68. The van der Waals surface area contributed by atoms with Crippen molar-refractivity contribution < 1.29 is 24.3 Å². The topological polar surface area (TPSA) is 94.6 Å². The largest absolute Gasteiger partial charge is 0.493 e. The van der Waals surface area contributed by atoms with Crippen LogP contribution in [0, 0.1) is 0 Å². The normalized spacial score (nSPS) is 18.0. The summed E-state index contributed by atoms with van der Waals surface area (Å²) in [4.78, 5) is 29.1. The molecule has 9 heteroatoms. The van der Waals surface area contributed by atoms with Gasteiger partial charge in [-0.15, -0.1) is 0 Å². The molecule has 1 aromatic carbocycles. The quantitative estimate of drug-likeness (QED) is 0.482. The summed E-state index contributed by atoms with van der Waals surface area (Å²) in [5.74, 6) is 1.27. The van der Waals surface area contributed by atoms with Crippen LogP contribution in [-0.2, 0) is 6.42 Å². The predicted molar refractivity (Wildman–Crippen MR) is 117 cm³/mol. The van der Waals surface area contributed by atoms with Gasteiger partial charge in [0.1, 0.15) is 0 Å². The molecule has 0 aromatic heterocycles. The highest BCUT2D eigenvalue weighted by Crippen LogP contribution is 2.36. The third kappa shape index (κ3) is 4.98. The number of nitrogens with one attached hydrogen (secondary N) is 1. The van der Waals surface area contributed by atoms with Crippen LogP contribution in [0.5, 0.6) is 11.5 Å². The zero-order chi connectivity index (χ0) is 23.5. The first-order valence-corrected chi connectivity index (χ1v) is 10.5. The number of nitrogens with zero attached hydrogens (tertiary/aromatic N) is 3. The van der Waals surface area contributed by atoms with Gasteiger partial charge in [0.15, 0.2) is 17.7 Å². The SMILES string of the molecule is COc1ccc(CCN2C(=O)N(C(C)C)C(N(O)C(=O)NC(C)C)C2(C)C)cc1OC. The lowest BCUT2D eigenvalue weighted by atomic mass is 9.98. The van der Waals surface area contributed by atoms with Crippen LogP contribution in [0.3, 0.4) is 0 Å². The van der Waals surface area contributed by atoms with Crippen LogP contribution in [-0.4, -0.2) is 76.7 Å². The molecule has 0 spiro atoms. The fourth-order valence-corrected chi connectivity index (χ4v) is 3.98. The molecule has 4 amide bonds. The van der Waals surface area contributed by atoms with Gasteiger partial charge in [-0.1, -0.05) is 6.07 Å². The van der Waals surface area contributed by atoms with E-state index in [1.807, 2.05) is 59.7 Å². The molecule has 0 saturated carbocycles. The second kappa shape index (κ2) is 9.64. The fourth-order valence-electron chi connectivity index (χ4n) is 3.98. The molecule has 0 bridgehead atoms. The zero-order valence-corrected chi connectivity index (χ0v) is 19.8. The van der Waals surface area contributed by atoms with E-state index in [-0.39, 0.29) is 18.1 Å². The molecule has 1 aromatic rings. The number of urea groups is 2. The highest BCUT2D eigenvalue weighted by Gasteiger charge is 2.55. The number of carbonyl (C=O) groups excluding carboxylic acids is 2. The summed E-state index contributed by atoms with van der Waals surface area (Å²) >= 11 is 0. The van der Waals surface area contributed by atoms with Gasteiger partial charge in [-0.25, -0.2) is 9.59 Å². The standard InChI is InChI=1S/C22H36N4O5/c1-14(2)23-20(27)26(29)19-22(5,6)24(21(28)25(19)15(3)4)12-11-16-9-10-17(30-7)18(13-16)31-8/h9-10,13-15,19,29H,11-12H2,1-8H3,(H,23,27). The first-order chi connectivity index (χ1) is 14.4. The van der Waals surface area contributed by atoms with Gasteiger partial charge < -0.3 is 19.7 Å². The molecule has 174 valence electrons. The van der Waals surface area contributed by atoms with Crippen LogP contribution < -0.4 is 14.8 Å². The molecule has 2 N–H and O–H groups in total. The van der Waals surface area contributed by atoms with Crippen molar-refractivity contribution >= 4 is 12.1 Å². The maximum atomic E-state index is 13.3. The molecule has 1 fully saturated rings. The van der Waals surface area contributed by atoms with E-state index in [1.165, 1.54) is 0 Å². The van der Waals surface area contributed by atoms with E-state index in [0.29, 0.717) is 29.5 Å². The van der Waals surface area contributed by atoms with Crippen molar-refractivity contribution in [1.29, 1.82) is 0 Å². The molecule has 1 aliphatic heterocycles. The minimum atomic E-state index is -0.829. The predicted octanol–water partition coefficient (Wildman–Crippen LogP) is 3.31. The third-order valence-corrected chi connectivity index (χ3v) is 5.52.